The van der Waals surface area contributed by atoms with Crippen LogP contribution in [0.15, 0.2) is 0 Å². The van der Waals surface area contributed by atoms with E-state index in [4.69, 9.17) is 0 Å². The second-order valence-corrected chi connectivity index (χ2v) is 6.03. The molecular weight excluding hydrogens is 274 g/mol. The standard InChI is InChI=1S/C13H23N5O3/c1-14-11(20)17-4-5-18(12(21)16(2)3)9-13(8-17)6-10(19)15-7-13/h4-9H2,1-3H3,(H,14,20)(H,15,19). The summed E-state index contributed by atoms with van der Waals surface area (Å²) in [7, 11) is 4.99. The predicted octanol–water partition coefficient (Wildman–Crippen LogP) is -0.869. The highest BCUT2D eigenvalue weighted by molar-refractivity contribution is 5.80. The Labute approximate surface area is 124 Å². The lowest BCUT2D eigenvalue weighted by Gasteiger charge is -2.33. The molecule has 1 spiro atoms. The van der Waals surface area contributed by atoms with Gasteiger partial charge in [0.05, 0.1) is 0 Å². The van der Waals surface area contributed by atoms with E-state index in [0.717, 1.165) is 0 Å². The predicted molar refractivity (Wildman–Crippen MR) is 76.7 cm³/mol. The lowest BCUT2D eigenvalue weighted by atomic mass is 9.86. The molecule has 2 fully saturated rings. The van der Waals surface area contributed by atoms with Crippen molar-refractivity contribution in [1.29, 1.82) is 0 Å². The van der Waals surface area contributed by atoms with Crippen molar-refractivity contribution in [1.82, 2.24) is 25.3 Å². The van der Waals surface area contributed by atoms with Gasteiger partial charge in [0.1, 0.15) is 0 Å². The number of carbonyl (C=O) groups is 3. The van der Waals surface area contributed by atoms with Crippen molar-refractivity contribution in [2.24, 2.45) is 5.41 Å². The van der Waals surface area contributed by atoms with E-state index < -0.39 is 5.41 Å². The Hall–Kier alpha value is -1.99. The van der Waals surface area contributed by atoms with Crippen LogP contribution in [0.2, 0.25) is 0 Å². The van der Waals surface area contributed by atoms with Crippen molar-refractivity contribution >= 4 is 18.0 Å². The molecule has 2 aliphatic heterocycles. The number of hydrogen-bond acceptors (Lipinski definition) is 3. The third-order valence-electron chi connectivity index (χ3n) is 4.04. The Kier molecular flexibility index (Phi) is 4.24. The summed E-state index contributed by atoms with van der Waals surface area (Å²) in [5, 5.41) is 5.44. The lowest BCUT2D eigenvalue weighted by Crippen LogP contribution is -2.47. The summed E-state index contributed by atoms with van der Waals surface area (Å²) >= 11 is 0. The number of carbonyl (C=O) groups excluding carboxylic acids is 3. The summed E-state index contributed by atoms with van der Waals surface area (Å²) in [5.41, 5.74) is -0.397. The molecule has 0 radical (unpaired) electrons. The molecule has 8 heteroatoms. The minimum absolute atomic E-state index is 0.0222. The normalized spacial score (nSPS) is 25.6. The molecule has 5 amide bonds. The number of nitrogens with zero attached hydrogens (tertiary/aromatic N) is 3. The van der Waals surface area contributed by atoms with E-state index in [9.17, 15) is 14.4 Å². The van der Waals surface area contributed by atoms with Gasteiger partial charge in [-0.25, -0.2) is 9.59 Å². The molecule has 21 heavy (non-hydrogen) atoms. The van der Waals surface area contributed by atoms with Gasteiger partial charge >= 0.3 is 12.1 Å². The van der Waals surface area contributed by atoms with Gasteiger partial charge in [-0.3, -0.25) is 4.79 Å². The topological polar surface area (TPSA) is 85.0 Å². The molecule has 0 aromatic heterocycles. The first-order valence-electron chi connectivity index (χ1n) is 7.06. The molecule has 0 aliphatic carbocycles. The summed E-state index contributed by atoms with van der Waals surface area (Å²) in [6, 6.07) is -0.264. The van der Waals surface area contributed by atoms with Gasteiger partial charge in [-0.15, -0.1) is 0 Å². The van der Waals surface area contributed by atoms with Crippen LogP contribution in [-0.2, 0) is 4.79 Å². The maximum absolute atomic E-state index is 12.2. The third-order valence-corrected chi connectivity index (χ3v) is 4.04. The SMILES string of the molecule is CNC(=O)N1CCN(C(=O)N(C)C)CC2(CNC(=O)C2)C1. The maximum Gasteiger partial charge on any atom is 0.319 e. The second kappa shape index (κ2) is 5.79. The van der Waals surface area contributed by atoms with Gasteiger partial charge in [-0.1, -0.05) is 0 Å². The molecule has 8 nitrogen and oxygen atoms in total. The van der Waals surface area contributed by atoms with E-state index >= 15 is 0 Å². The first kappa shape index (κ1) is 15.4. The average Bonchev–Trinajstić information content (AvgIpc) is 2.69. The molecule has 2 N–H and O–H groups in total. The highest BCUT2D eigenvalue weighted by Crippen LogP contribution is 2.31. The molecule has 0 aromatic carbocycles. The number of urea groups is 2. The zero-order valence-electron chi connectivity index (χ0n) is 12.8. The molecule has 1 atom stereocenters. The van der Waals surface area contributed by atoms with Crippen molar-refractivity contribution in [3.63, 3.8) is 0 Å². The number of hydrogen-bond donors (Lipinski definition) is 2. The van der Waals surface area contributed by atoms with Crippen molar-refractivity contribution in [2.45, 2.75) is 6.42 Å². The van der Waals surface area contributed by atoms with Crippen LogP contribution >= 0.6 is 0 Å². The van der Waals surface area contributed by atoms with E-state index in [1.807, 2.05) is 0 Å². The molecule has 118 valence electrons. The molecular formula is C13H23N5O3. The van der Waals surface area contributed by atoms with Crippen LogP contribution in [0.25, 0.3) is 0 Å². The van der Waals surface area contributed by atoms with Gasteiger partial charge in [0, 0.05) is 65.7 Å². The van der Waals surface area contributed by atoms with Gasteiger partial charge < -0.3 is 25.3 Å². The Morgan fingerprint density at radius 3 is 2.38 bits per heavy atom. The van der Waals surface area contributed by atoms with E-state index in [1.165, 1.54) is 4.90 Å². The highest BCUT2D eigenvalue weighted by Gasteiger charge is 2.44. The zero-order chi connectivity index (χ0) is 15.6. The van der Waals surface area contributed by atoms with Crippen molar-refractivity contribution in [2.75, 3.05) is 53.9 Å². The molecule has 1 unspecified atom stereocenters. The maximum atomic E-state index is 12.2. The van der Waals surface area contributed by atoms with Crippen LogP contribution in [0.4, 0.5) is 9.59 Å². The molecule has 2 rings (SSSR count). The second-order valence-electron chi connectivity index (χ2n) is 6.03. The minimum Gasteiger partial charge on any atom is -0.355 e. The van der Waals surface area contributed by atoms with E-state index in [2.05, 4.69) is 10.6 Å². The minimum atomic E-state index is -0.397. The van der Waals surface area contributed by atoms with Crippen LogP contribution in [0.3, 0.4) is 0 Å². The Balaban J connectivity index is 2.22. The Morgan fingerprint density at radius 1 is 1.24 bits per heavy atom. The van der Waals surface area contributed by atoms with E-state index in [-0.39, 0.29) is 18.0 Å². The van der Waals surface area contributed by atoms with Crippen molar-refractivity contribution < 1.29 is 14.4 Å². The first-order chi connectivity index (χ1) is 9.87. The fourth-order valence-electron chi connectivity index (χ4n) is 3.01. The summed E-state index contributed by atoms with van der Waals surface area (Å²) in [5.74, 6) is -0.0222. The lowest BCUT2D eigenvalue weighted by molar-refractivity contribution is -0.119. The summed E-state index contributed by atoms with van der Waals surface area (Å²) in [4.78, 5) is 40.8. The van der Waals surface area contributed by atoms with Gasteiger partial charge in [-0.05, 0) is 0 Å². The monoisotopic (exact) mass is 297 g/mol. The molecule has 2 heterocycles. The van der Waals surface area contributed by atoms with E-state index in [0.29, 0.717) is 39.1 Å². The van der Waals surface area contributed by atoms with Crippen molar-refractivity contribution in [3.8, 4) is 0 Å². The van der Waals surface area contributed by atoms with Gasteiger partial charge in [0.15, 0.2) is 0 Å². The Morgan fingerprint density at radius 2 is 1.86 bits per heavy atom. The van der Waals surface area contributed by atoms with Crippen LogP contribution < -0.4 is 10.6 Å². The average molecular weight is 297 g/mol. The summed E-state index contributed by atoms with van der Waals surface area (Å²) < 4.78 is 0. The molecule has 2 saturated heterocycles. The summed E-state index contributed by atoms with van der Waals surface area (Å²) in [6.45, 7) is 2.39. The molecule has 0 aromatic rings. The Bertz CT molecular complexity index is 453. The fourth-order valence-corrected chi connectivity index (χ4v) is 3.01. The van der Waals surface area contributed by atoms with Crippen LogP contribution in [0.1, 0.15) is 6.42 Å². The smallest absolute Gasteiger partial charge is 0.319 e. The van der Waals surface area contributed by atoms with Crippen LogP contribution in [-0.4, -0.2) is 86.5 Å². The van der Waals surface area contributed by atoms with Crippen molar-refractivity contribution in [3.05, 3.63) is 0 Å². The molecule has 2 aliphatic rings. The van der Waals surface area contributed by atoms with E-state index in [1.54, 1.807) is 30.9 Å². The van der Waals surface area contributed by atoms with Crippen LogP contribution in [0.5, 0.6) is 0 Å². The number of amides is 5. The first-order valence-corrected chi connectivity index (χ1v) is 7.06. The van der Waals surface area contributed by atoms with Gasteiger partial charge in [-0.2, -0.15) is 0 Å². The highest BCUT2D eigenvalue weighted by atomic mass is 16.2. The molecule has 0 saturated carbocycles. The number of rotatable bonds is 0. The van der Waals surface area contributed by atoms with Gasteiger partial charge in [0.2, 0.25) is 5.91 Å². The number of nitrogens with one attached hydrogen (secondary N) is 2. The quantitative estimate of drug-likeness (QED) is 0.609. The third kappa shape index (κ3) is 3.20. The molecule has 0 bridgehead atoms. The fraction of sp³-hybridized carbons (Fsp3) is 0.769. The zero-order valence-corrected chi connectivity index (χ0v) is 12.8. The van der Waals surface area contributed by atoms with Gasteiger partial charge in [0.25, 0.3) is 0 Å². The largest absolute Gasteiger partial charge is 0.355 e. The van der Waals surface area contributed by atoms with Crippen LogP contribution in [0, 0.1) is 5.41 Å². The summed E-state index contributed by atoms with van der Waals surface area (Å²) in [6.07, 6.45) is 0.345.